The van der Waals surface area contributed by atoms with Gasteiger partial charge in [0.2, 0.25) is 5.91 Å². The highest BCUT2D eigenvalue weighted by Gasteiger charge is 2.00. The van der Waals surface area contributed by atoms with Gasteiger partial charge in [0, 0.05) is 13.2 Å². The van der Waals surface area contributed by atoms with E-state index in [1.54, 1.807) is 24.2 Å². The summed E-state index contributed by atoms with van der Waals surface area (Å²) in [5.74, 6) is 0.0451. The topological polar surface area (TPSA) is 20.3 Å². The minimum Gasteiger partial charge on any atom is -0.319 e. The zero-order valence-electron chi connectivity index (χ0n) is 5.37. The van der Waals surface area contributed by atoms with Gasteiger partial charge in [-0.05, 0) is 12.5 Å². The Kier molecular flexibility index (Phi) is 1.68. The monoisotopic (exact) mass is 123 g/mol. The minimum absolute atomic E-state index is 0.0451. The highest BCUT2D eigenvalue weighted by atomic mass is 16.2. The number of amides is 1. The normalized spacial score (nSPS) is 18.3. The first-order valence-corrected chi connectivity index (χ1v) is 2.90. The fourth-order valence-corrected chi connectivity index (χ4v) is 0.657. The molecule has 2 nitrogen and oxygen atoms in total. The fraction of sp³-hybridized carbons (Fsp3) is 0.286. The standard InChI is InChI=1S/C7H9NO/c1-8-6-4-2-3-5-7(8)9/h3-6H,2H2,1H3. The first-order valence-electron chi connectivity index (χ1n) is 2.90. The molecule has 0 bridgehead atoms. The summed E-state index contributed by atoms with van der Waals surface area (Å²) in [5.41, 5.74) is 0. The molecule has 0 saturated carbocycles. The van der Waals surface area contributed by atoms with Crippen molar-refractivity contribution in [2.75, 3.05) is 7.05 Å². The fourth-order valence-electron chi connectivity index (χ4n) is 0.657. The maximum absolute atomic E-state index is 10.8. The SMILES string of the molecule is CN1C=CCC=CC1=O. The zero-order chi connectivity index (χ0) is 6.69. The summed E-state index contributed by atoms with van der Waals surface area (Å²) >= 11 is 0. The molecule has 1 heterocycles. The maximum Gasteiger partial charge on any atom is 0.249 e. The van der Waals surface area contributed by atoms with Gasteiger partial charge >= 0.3 is 0 Å². The zero-order valence-corrected chi connectivity index (χ0v) is 5.37. The number of carbonyl (C=O) groups is 1. The van der Waals surface area contributed by atoms with Crippen LogP contribution in [0.15, 0.2) is 24.4 Å². The predicted octanol–water partition coefficient (Wildman–Crippen LogP) is 0.918. The van der Waals surface area contributed by atoms with E-state index in [1.165, 1.54) is 0 Å². The summed E-state index contributed by atoms with van der Waals surface area (Å²) < 4.78 is 0. The first-order chi connectivity index (χ1) is 4.30. The Hall–Kier alpha value is -1.05. The number of hydrogen-bond donors (Lipinski definition) is 0. The molecule has 0 spiro atoms. The van der Waals surface area contributed by atoms with Gasteiger partial charge in [0.25, 0.3) is 0 Å². The smallest absolute Gasteiger partial charge is 0.249 e. The van der Waals surface area contributed by atoms with Crippen molar-refractivity contribution in [2.45, 2.75) is 6.42 Å². The molecule has 0 fully saturated rings. The van der Waals surface area contributed by atoms with Crippen LogP contribution in [0.1, 0.15) is 6.42 Å². The van der Waals surface area contributed by atoms with Gasteiger partial charge in [-0.1, -0.05) is 12.2 Å². The lowest BCUT2D eigenvalue weighted by molar-refractivity contribution is -0.122. The number of likely N-dealkylation sites (N-methyl/N-ethyl adjacent to an activating group) is 1. The van der Waals surface area contributed by atoms with E-state index in [9.17, 15) is 4.79 Å². The predicted molar refractivity (Wildman–Crippen MR) is 35.7 cm³/mol. The molecule has 1 amide bonds. The Morgan fingerprint density at radius 2 is 2.33 bits per heavy atom. The molecular formula is C7H9NO. The van der Waals surface area contributed by atoms with E-state index in [2.05, 4.69) is 0 Å². The van der Waals surface area contributed by atoms with Gasteiger partial charge in [-0.3, -0.25) is 4.79 Å². The molecular weight excluding hydrogens is 114 g/mol. The summed E-state index contributed by atoms with van der Waals surface area (Å²) in [6.45, 7) is 0. The molecule has 48 valence electrons. The minimum atomic E-state index is 0.0451. The second-order valence-electron chi connectivity index (χ2n) is 1.97. The molecule has 0 aromatic rings. The van der Waals surface area contributed by atoms with Crippen molar-refractivity contribution in [3.63, 3.8) is 0 Å². The van der Waals surface area contributed by atoms with Gasteiger partial charge in [-0.25, -0.2) is 0 Å². The summed E-state index contributed by atoms with van der Waals surface area (Å²) in [6, 6.07) is 0. The number of nitrogens with zero attached hydrogens (tertiary/aromatic N) is 1. The summed E-state index contributed by atoms with van der Waals surface area (Å²) in [5, 5.41) is 0. The summed E-state index contributed by atoms with van der Waals surface area (Å²) in [6.07, 6.45) is 8.02. The van der Waals surface area contributed by atoms with E-state index < -0.39 is 0 Å². The van der Waals surface area contributed by atoms with E-state index in [0.29, 0.717) is 0 Å². The van der Waals surface area contributed by atoms with Crippen LogP contribution >= 0.6 is 0 Å². The molecule has 0 unspecified atom stereocenters. The van der Waals surface area contributed by atoms with Crippen molar-refractivity contribution in [1.82, 2.24) is 4.90 Å². The molecule has 1 aliphatic rings. The molecule has 0 aliphatic carbocycles. The van der Waals surface area contributed by atoms with Crippen LogP contribution in [0.25, 0.3) is 0 Å². The van der Waals surface area contributed by atoms with Gasteiger partial charge in [0.15, 0.2) is 0 Å². The van der Waals surface area contributed by atoms with Crippen LogP contribution < -0.4 is 0 Å². The van der Waals surface area contributed by atoms with Crippen molar-refractivity contribution < 1.29 is 4.79 Å². The van der Waals surface area contributed by atoms with Crippen LogP contribution in [0.4, 0.5) is 0 Å². The lowest BCUT2D eigenvalue weighted by atomic mass is 10.4. The van der Waals surface area contributed by atoms with Gasteiger partial charge in [-0.2, -0.15) is 0 Å². The summed E-state index contributed by atoms with van der Waals surface area (Å²) in [7, 11) is 1.74. The lowest BCUT2D eigenvalue weighted by Gasteiger charge is -2.05. The van der Waals surface area contributed by atoms with Crippen molar-refractivity contribution in [1.29, 1.82) is 0 Å². The van der Waals surface area contributed by atoms with Crippen molar-refractivity contribution in [2.24, 2.45) is 0 Å². The third-order valence-corrected chi connectivity index (χ3v) is 1.21. The highest BCUT2D eigenvalue weighted by molar-refractivity contribution is 5.88. The molecule has 0 aromatic carbocycles. The Morgan fingerprint density at radius 1 is 1.56 bits per heavy atom. The van der Waals surface area contributed by atoms with Crippen LogP contribution in [0.2, 0.25) is 0 Å². The van der Waals surface area contributed by atoms with E-state index in [4.69, 9.17) is 0 Å². The van der Waals surface area contributed by atoms with Gasteiger partial charge in [0.05, 0.1) is 0 Å². The number of carbonyl (C=O) groups excluding carboxylic acids is 1. The Bertz CT molecular complexity index is 170. The van der Waals surface area contributed by atoms with E-state index in [-0.39, 0.29) is 5.91 Å². The Balaban J connectivity index is 2.73. The quantitative estimate of drug-likeness (QED) is 0.469. The molecule has 1 rings (SSSR count). The number of hydrogen-bond acceptors (Lipinski definition) is 1. The van der Waals surface area contributed by atoms with Gasteiger partial charge < -0.3 is 4.90 Å². The number of allylic oxidation sites excluding steroid dienone is 2. The molecule has 2 heteroatoms. The number of rotatable bonds is 0. The molecule has 0 aromatic heterocycles. The summed E-state index contributed by atoms with van der Waals surface area (Å²) in [4.78, 5) is 12.4. The van der Waals surface area contributed by atoms with Crippen LogP contribution in [0, 0.1) is 0 Å². The maximum atomic E-state index is 10.8. The lowest BCUT2D eigenvalue weighted by Crippen LogP contribution is -2.16. The molecule has 9 heavy (non-hydrogen) atoms. The molecule has 1 aliphatic heterocycles. The molecule has 0 radical (unpaired) electrons. The van der Waals surface area contributed by atoms with Crippen LogP contribution in [0.5, 0.6) is 0 Å². The van der Waals surface area contributed by atoms with Crippen molar-refractivity contribution >= 4 is 5.91 Å². The third kappa shape index (κ3) is 1.42. The van der Waals surface area contributed by atoms with Crippen LogP contribution in [-0.2, 0) is 4.79 Å². The molecule has 0 saturated heterocycles. The largest absolute Gasteiger partial charge is 0.319 e. The second kappa shape index (κ2) is 2.49. The van der Waals surface area contributed by atoms with E-state index >= 15 is 0 Å². The van der Waals surface area contributed by atoms with Gasteiger partial charge in [0.1, 0.15) is 0 Å². The Labute approximate surface area is 54.5 Å². The Morgan fingerprint density at radius 3 is 3.11 bits per heavy atom. The third-order valence-electron chi connectivity index (χ3n) is 1.21. The van der Waals surface area contributed by atoms with E-state index in [0.717, 1.165) is 6.42 Å². The van der Waals surface area contributed by atoms with Crippen LogP contribution in [-0.4, -0.2) is 17.9 Å². The average molecular weight is 123 g/mol. The first kappa shape index (κ1) is 6.08. The highest BCUT2D eigenvalue weighted by Crippen LogP contribution is 1.97. The van der Waals surface area contributed by atoms with Gasteiger partial charge in [-0.15, -0.1) is 0 Å². The average Bonchev–Trinajstić information content (AvgIpc) is 1.99. The molecule has 0 N–H and O–H groups in total. The molecule has 0 atom stereocenters. The second-order valence-corrected chi connectivity index (χ2v) is 1.97. The van der Waals surface area contributed by atoms with Crippen LogP contribution in [0.3, 0.4) is 0 Å². The van der Waals surface area contributed by atoms with Crippen molar-refractivity contribution in [3.8, 4) is 0 Å². The van der Waals surface area contributed by atoms with Crippen molar-refractivity contribution in [3.05, 3.63) is 24.4 Å². The van der Waals surface area contributed by atoms with E-state index in [1.807, 2.05) is 12.2 Å².